The molecule has 6 rings (SSSR count). The Kier molecular flexibility index (Phi) is 6.86. The van der Waals surface area contributed by atoms with Gasteiger partial charge in [0.1, 0.15) is 23.4 Å². The summed E-state index contributed by atoms with van der Waals surface area (Å²) in [6, 6.07) is 16.5. The van der Waals surface area contributed by atoms with Crippen LogP contribution in [-0.2, 0) is 20.9 Å². The lowest BCUT2D eigenvalue weighted by Gasteiger charge is -2.31. The molecular formula is C28H19FN4O7S2. The number of benzene rings is 3. The molecule has 3 atom stereocenters. The number of thioether (sulfide) groups is 1. The second kappa shape index (κ2) is 10.5. The molecular weight excluding hydrogens is 587 g/mol. The van der Waals surface area contributed by atoms with Crippen molar-refractivity contribution in [3.8, 4) is 5.75 Å². The Morgan fingerprint density at radius 3 is 2.36 bits per heavy atom. The van der Waals surface area contributed by atoms with Crippen LogP contribution in [0, 0.1) is 21.8 Å². The molecule has 1 fully saturated rings. The molecule has 1 aromatic heterocycles. The van der Waals surface area contributed by atoms with Gasteiger partial charge in [-0.05, 0) is 42.5 Å². The lowest BCUT2D eigenvalue weighted by molar-refractivity contribution is -0.384. The van der Waals surface area contributed by atoms with Gasteiger partial charge in [-0.2, -0.15) is 0 Å². The Balaban J connectivity index is 1.40. The van der Waals surface area contributed by atoms with Gasteiger partial charge < -0.3 is 10.4 Å². The van der Waals surface area contributed by atoms with Gasteiger partial charge in [-0.3, -0.25) is 33.9 Å². The second-order valence-electron chi connectivity index (χ2n) is 9.56. The zero-order valence-corrected chi connectivity index (χ0v) is 22.9. The van der Waals surface area contributed by atoms with Gasteiger partial charge in [-0.15, -0.1) is 0 Å². The summed E-state index contributed by atoms with van der Waals surface area (Å²) < 4.78 is 14.5. The Morgan fingerprint density at radius 1 is 1.00 bits per heavy atom. The molecule has 0 aliphatic carbocycles. The molecule has 14 heteroatoms. The third-order valence-electron chi connectivity index (χ3n) is 7.07. The van der Waals surface area contributed by atoms with Gasteiger partial charge in [0.15, 0.2) is 0 Å². The number of anilines is 2. The van der Waals surface area contributed by atoms with Crippen molar-refractivity contribution >= 4 is 57.9 Å². The fraction of sp³-hybridized carbons (Fsp3) is 0.143. The normalized spacial score (nSPS) is 19.4. The van der Waals surface area contributed by atoms with E-state index in [-0.39, 0.29) is 17.1 Å². The van der Waals surface area contributed by atoms with Crippen LogP contribution in [0.3, 0.4) is 0 Å². The molecule has 212 valence electrons. The van der Waals surface area contributed by atoms with Crippen molar-refractivity contribution in [3.05, 3.63) is 109 Å². The van der Waals surface area contributed by atoms with E-state index in [0.29, 0.717) is 21.2 Å². The molecule has 0 bridgehead atoms. The molecule has 3 heterocycles. The number of nitro benzene ring substituents is 1. The molecule has 0 radical (unpaired) electrons. The van der Waals surface area contributed by atoms with Crippen LogP contribution < -0.4 is 15.1 Å². The minimum atomic E-state index is -1.01. The first-order valence-corrected chi connectivity index (χ1v) is 14.2. The topological polar surface area (TPSA) is 152 Å². The van der Waals surface area contributed by atoms with E-state index in [2.05, 4.69) is 5.32 Å². The molecule has 2 aliphatic heterocycles. The highest BCUT2D eigenvalue weighted by molar-refractivity contribution is 8.00. The fourth-order valence-electron chi connectivity index (χ4n) is 5.20. The SMILES string of the molecule is O=C(Cn1c2c(sc1=O)C(c1ccccc1O)C1C(=O)N(c3ccc([N+](=O)[O-])cc3)C(=O)C1S2)Nc1ccc(F)cc1. The van der Waals surface area contributed by atoms with Crippen LogP contribution in [0.1, 0.15) is 16.4 Å². The summed E-state index contributed by atoms with van der Waals surface area (Å²) in [5, 5.41) is 23.8. The van der Waals surface area contributed by atoms with Crippen molar-refractivity contribution in [3.63, 3.8) is 0 Å². The Labute approximate surface area is 244 Å². The number of thiazole rings is 1. The van der Waals surface area contributed by atoms with Crippen molar-refractivity contribution in [2.45, 2.75) is 22.7 Å². The summed E-state index contributed by atoms with van der Waals surface area (Å²) in [7, 11) is 0. The number of aromatic hydroxyl groups is 1. The number of halogens is 1. The molecule has 11 nitrogen and oxygen atoms in total. The zero-order chi connectivity index (χ0) is 29.7. The van der Waals surface area contributed by atoms with E-state index >= 15 is 0 Å². The maximum absolute atomic E-state index is 13.9. The molecule has 1 saturated heterocycles. The lowest BCUT2D eigenvalue weighted by atomic mass is 9.82. The number of hydrogen-bond acceptors (Lipinski definition) is 9. The summed E-state index contributed by atoms with van der Waals surface area (Å²) in [5.74, 6) is -4.22. The third kappa shape index (κ3) is 4.63. The number of fused-ring (bicyclic) bond motifs is 2. The number of non-ortho nitro benzene ring substituents is 1. The molecule has 2 N–H and O–H groups in total. The van der Waals surface area contributed by atoms with Crippen LogP contribution in [0.15, 0.2) is 82.6 Å². The Hall–Kier alpha value is -4.82. The smallest absolute Gasteiger partial charge is 0.308 e. The van der Waals surface area contributed by atoms with E-state index in [1.54, 1.807) is 18.2 Å². The van der Waals surface area contributed by atoms with Crippen LogP contribution in [0.5, 0.6) is 5.75 Å². The number of amides is 3. The number of para-hydroxylation sites is 1. The van der Waals surface area contributed by atoms with Crippen LogP contribution in [-0.4, -0.2) is 37.6 Å². The summed E-state index contributed by atoms with van der Waals surface area (Å²) in [6.07, 6.45) is 0. The van der Waals surface area contributed by atoms with Crippen molar-refractivity contribution in [1.29, 1.82) is 0 Å². The third-order valence-corrected chi connectivity index (χ3v) is 9.67. The molecule has 42 heavy (non-hydrogen) atoms. The van der Waals surface area contributed by atoms with Crippen molar-refractivity contribution in [2.24, 2.45) is 5.92 Å². The van der Waals surface area contributed by atoms with Gasteiger partial charge in [0.05, 0.1) is 21.6 Å². The van der Waals surface area contributed by atoms with Crippen molar-refractivity contribution < 1.29 is 28.8 Å². The maximum atomic E-state index is 13.9. The quantitative estimate of drug-likeness (QED) is 0.189. The number of rotatable bonds is 6. The highest BCUT2D eigenvalue weighted by atomic mass is 32.2. The standard InChI is InChI=1S/C28H19FN4O7S2/c29-14-5-7-15(8-6-14)30-20(35)13-31-27-24(42-28(31)38)21(18-3-1-2-4-19(18)34)22-23(41-27)26(37)32(25(22)36)16-9-11-17(12-10-16)33(39)40/h1-12,21-23,34H,13H2,(H,30,35). The number of imide groups is 1. The van der Waals surface area contributed by atoms with E-state index in [1.165, 1.54) is 59.2 Å². The Bertz CT molecular complexity index is 1820. The highest BCUT2D eigenvalue weighted by Gasteiger charge is 2.57. The van der Waals surface area contributed by atoms with Crippen LogP contribution in [0.2, 0.25) is 0 Å². The minimum Gasteiger partial charge on any atom is -0.508 e. The molecule has 0 saturated carbocycles. The minimum absolute atomic E-state index is 0.130. The van der Waals surface area contributed by atoms with Crippen LogP contribution in [0.4, 0.5) is 21.5 Å². The first kappa shape index (κ1) is 27.4. The first-order valence-electron chi connectivity index (χ1n) is 12.5. The highest BCUT2D eigenvalue weighted by Crippen LogP contribution is 2.55. The van der Waals surface area contributed by atoms with Crippen molar-refractivity contribution in [2.75, 3.05) is 10.2 Å². The van der Waals surface area contributed by atoms with Gasteiger partial charge in [0.2, 0.25) is 17.7 Å². The van der Waals surface area contributed by atoms with E-state index in [0.717, 1.165) is 28.0 Å². The number of carbonyl (C=O) groups is 3. The number of nitro groups is 1. The predicted molar refractivity (Wildman–Crippen MR) is 152 cm³/mol. The number of phenols is 1. The number of nitrogens with zero attached hydrogens (tertiary/aromatic N) is 3. The fourth-order valence-corrected chi connectivity index (χ4v) is 7.96. The van der Waals surface area contributed by atoms with Crippen molar-refractivity contribution in [1.82, 2.24) is 4.57 Å². The number of aromatic nitrogens is 1. The van der Waals surface area contributed by atoms with Gasteiger partial charge in [-0.25, -0.2) is 9.29 Å². The van der Waals surface area contributed by atoms with Gasteiger partial charge in [-0.1, -0.05) is 41.3 Å². The number of nitrogens with one attached hydrogen (secondary N) is 1. The summed E-state index contributed by atoms with van der Waals surface area (Å²) in [4.78, 5) is 65.1. The number of phenolic OH excluding ortho intramolecular Hbond substituents is 1. The van der Waals surface area contributed by atoms with Gasteiger partial charge in [0, 0.05) is 34.2 Å². The predicted octanol–water partition coefficient (Wildman–Crippen LogP) is 4.10. The average molecular weight is 607 g/mol. The lowest BCUT2D eigenvalue weighted by Crippen LogP contribution is -2.33. The van der Waals surface area contributed by atoms with Crippen LogP contribution >= 0.6 is 23.1 Å². The Morgan fingerprint density at radius 2 is 1.69 bits per heavy atom. The zero-order valence-electron chi connectivity index (χ0n) is 21.3. The molecule has 4 aromatic rings. The molecule has 0 spiro atoms. The average Bonchev–Trinajstić information content (AvgIpc) is 3.41. The summed E-state index contributed by atoms with van der Waals surface area (Å²) in [5.41, 5.74) is 0.612. The molecule has 3 aromatic carbocycles. The molecule has 2 aliphatic rings. The van der Waals surface area contributed by atoms with Gasteiger partial charge in [0.25, 0.3) is 5.69 Å². The maximum Gasteiger partial charge on any atom is 0.308 e. The summed E-state index contributed by atoms with van der Waals surface area (Å²) >= 11 is 1.81. The monoisotopic (exact) mass is 606 g/mol. The van der Waals surface area contributed by atoms with E-state index in [4.69, 9.17) is 0 Å². The first-order chi connectivity index (χ1) is 20.1. The largest absolute Gasteiger partial charge is 0.508 e. The van der Waals surface area contributed by atoms with E-state index in [1.807, 2.05) is 0 Å². The molecule has 3 unspecified atom stereocenters. The number of carbonyl (C=O) groups excluding carboxylic acids is 3. The second-order valence-corrected chi connectivity index (χ2v) is 11.7. The van der Waals surface area contributed by atoms with E-state index < -0.39 is 57.0 Å². The van der Waals surface area contributed by atoms with Gasteiger partial charge >= 0.3 is 4.87 Å². The van der Waals surface area contributed by atoms with E-state index in [9.17, 15) is 38.8 Å². The number of hydrogen-bond donors (Lipinski definition) is 2. The van der Waals surface area contributed by atoms with Crippen LogP contribution in [0.25, 0.3) is 0 Å². The summed E-state index contributed by atoms with van der Waals surface area (Å²) in [6.45, 7) is -0.409. The molecule has 3 amide bonds.